The van der Waals surface area contributed by atoms with Crippen LogP contribution in [0.5, 0.6) is 0 Å². The van der Waals surface area contributed by atoms with Crippen LogP contribution in [0.25, 0.3) is 0 Å². The minimum absolute atomic E-state index is 0.00250. The fourth-order valence-electron chi connectivity index (χ4n) is 3.25. The molecule has 0 aromatic heterocycles. The van der Waals surface area contributed by atoms with Crippen molar-refractivity contribution < 1.29 is 9.53 Å². The molecule has 0 bridgehead atoms. The molecule has 0 rings (SSSR count). The zero-order valence-corrected chi connectivity index (χ0v) is 18.0. The van der Waals surface area contributed by atoms with Crippen molar-refractivity contribution in [1.29, 1.82) is 0 Å². The van der Waals surface area contributed by atoms with E-state index in [0.717, 1.165) is 0 Å². The molecule has 0 aliphatic rings. The summed E-state index contributed by atoms with van der Waals surface area (Å²) in [6.45, 7) is 19.3. The SMILES string of the molecule is C/C=C/[CH](OC(=O)N(C(C)C)C(C)C)[Al]([CH2]C(C)C)[CH2]C(C)C. The molecule has 0 saturated carbocycles. The molecule has 0 spiro atoms. The lowest BCUT2D eigenvalue weighted by Gasteiger charge is -2.33. The monoisotopic (exact) mass is 339 g/mol. The van der Waals surface area contributed by atoms with E-state index in [1.165, 1.54) is 10.6 Å². The average Bonchev–Trinajstić information content (AvgIpc) is 2.35. The summed E-state index contributed by atoms with van der Waals surface area (Å²) in [5.74, 6) is 1.31. The maximum absolute atomic E-state index is 12.7. The van der Waals surface area contributed by atoms with Crippen LogP contribution in [0, 0.1) is 11.8 Å². The first kappa shape index (κ1) is 22.5. The Hall–Kier alpha value is -0.458. The van der Waals surface area contributed by atoms with E-state index in [-0.39, 0.29) is 23.1 Å². The van der Waals surface area contributed by atoms with Crippen LogP contribution in [-0.4, -0.2) is 42.2 Å². The quantitative estimate of drug-likeness (QED) is 0.408. The van der Waals surface area contributed by atoms with Crippen LogP contribution < -0.4 is 0 Å². The van der Waals surface area contributed by atoms with Gasteiger partial charge in [-0.15, -0.1) is 0 Å². The summed E-state index contributed by atoms with van der Waals surface area (Å²) in [6, 6.07) is 0.313. The van der Waals surface area contributed by atoms with Crippen molar-refractivity contribution in [1.82, 2.24) is 4.90 Å². The molecule has 0 fully saturated rings. The van der Waals surface area contributed by atoms with E-state index in [0.29, 0.717) is 11.8 Å². The van der Waals surface area contributed by atoms with E-state index in [1.807, 2.05) is 45.6 Å². The first-order valence-electron chi connectivity index (χ1n) is 9.21. The summed E-state index contributed by atoms with van der Waals surface area (Å²) >= 11 is -1.20. The Morgan fingerprint density at radius 3 is 1.70 bits per heavy atom. The standard InChI is InChI=1S/C11H20NO2.2C4H9.Al/c1-6-7-8-14-11(13)12(9(2)3)10(4)5;2*1-4(2)3;/h6-10H,1-5H3;2*4H,1H2,2-3H3;/b7-6+;;;. The van der Waals surface area contributed by atoms with Gasteiger partial charge in [-0.2, -0.15) is 0 Å². The van der Waals surface area contributed by atoms with Gasteiger partial charge in [-0.05, 0) is 34.6 Å². The summed E-state index contributed by atoms with van der Waals surface area (Å²) in [5.41, 5.74) is 0. The van der Waals surface area contributed by atoms with Gasteiger partial charge in [0, 0.05) is 12.1 Å². The van der Waals surface area contributed by atoms with Crippen LogP contribution in [0.4, 0.5) is 4.79 Å². The highest BCUT2D eigenvalue weighted by molar-refractivity contribution is 6.61. The van der Waals surface area contributed by atoms with Crippen molar-refractivity contribution in [2.75, 3.05) is 0 Å². The molecule has 0 aliphatic heterocycles. The minimum atomic E-state index is -1.20. The van der Waals surface area contributed by atoms with E-state index in [1.54, 1.807) is 0 Å². The topological polar surface area (TPSA) is 29.5 Å². The number of ether oxygens (including phenoxy) is 1. The minimum Gasteiger partial charge on any atom is -0.458 e. The molecule has 1 amide bonds. The molecule has 0 heterocycles. The summed E-state index contributed by atoms with van der Waals surface area (Å²) in [7, 11) is 0. The highest BCUT2D eigenvalue weighted by Crippen LogP contribution is 2.21. The lowest BCUT2D eigenvalue weighted by molar-refractivity contribution is 0.0770. The van der Waals surface area contributed by atoms with Gasteiger partial charge < -0.3 is 9.64 Å². The zero-order chi connectivity index (χ0) is 18.2. The predicted molar refractivity (Wildman–Crippen MR) is 102 cm³/mol. The molecule has 4 heteroatoms. The van der Waals surface area contributed by atoms with Crippen LogP contribution in [0.3, 0.4) is 0 Å². The molecular weight excluding hydrogens is 301 g/mol. The van der Waals surface area contributed by atoms with Gasteiger partial charge in [0.05, 0.1) is 4.97 Å². The number of hydrogen-bond acceptors (Lipinski definition) is 2. The van der Waals surface area contributed by atoms with E-state index >= 15 is 0 Å². The largest absolute Gasteiger partial charge is 0.458 e. The molecule has 1 unspecified atom stereocenters. The molecule has 0 aliphatic carbocycles. The van der Waals surface area contributed by atoms with Crippen molar-refractivity contribution in [3.05, 3.63) is 12.2 Å². The van der Waals surface area contributed by atoms with Crippen molar-refractivity contribution >= 4 is 20.2 Å². The summed E-state index contributed by atoms with van der Waals surface area (Å²) < 4.78 is 6.00. The first-order valence-corrected chi connectivity index (χ1v) is 11.5. The van der Waals surface area contributed by atoms with Crippen LogP contribution in [0.15, 0.2) is 12.2 Å². The average molecular weight is 340 g/mol. The lowest BCUT2D eigenvalue weighted by atomic mass is 10.2. The molecule has 134 valence electrons. The van der Waals surface area contributed by atoms with E-state index in [9.17, 15) is 4.79 Å². The second-order valence-corrected chi connectivity index (χ2v) is 11.1. The summed E-state index contributed by atoms with van der Waals surface area (Å²) in [4.78, 5) is 14.5. The molecule has 0 radical (unpaired) electrons. The van der Waals surface area contributed by atoms with Gasteiger partial charge in [0.2, 0.25) is 0 Å². The second-order valence-electron chi connectivity index (χ2n) is 7.99. The van der Waals surface area contributed by atoms with Crippen LogP contribution in [-0.2, 0) is 4.74 Å². The van der Waals surface area contributed by atoms with Gasteiger partial charge in [-0.3, -0.25) is 0 Å². The van der Waals surface area contributed by atoms with Crippen LogP contribution >= 0.6 is 0 Å². The second kappa shape index (κ2) is 11.2. The van der Waals surface area contributed by atoms with Gasteiger partial charge in [-0.1, -0.05) is 62.2 Å². The van der Waals surface area contributed by atoms with Crippen molar-refractivity contribution in [3.8, 4) is 0 Å². The third kappa shape index (κ3) is 8.82. The highest BCUT2D eigenvalue weighted by atomic mass is 27.2. The van der Waals surface area contributed by atoms with Crippen LogP contribution in [0.1, 0.15) is 62.3 Å². The molecule has 0 aromatic carbocycles. The maximum atomic E-state index is 12.7. The maximum Gasteiger partial charge on any atom is 0.409 e. The summed E-state index contributed by atoms with van der Waals surface area (Å²) in [5, 5.41) is 2.42. The number of allylic oxidation sites excluding steroid dienone is 1. The third-order valence-corrected chi connectivity index (χ3v) is 8.34. The molecule has 23 heavy (non-hydrogen) atoms. The Kier molecular flexibility index (Phi) is 10.9. The molecule has 0 saturated heterocycles. The number of amides is 1. The van der Waals surface area contributed by atoms with Gasteiger partial charge in [0.15, 0.2) is 0 Å². The van der Waals surface area contributed by atoms with Crippen molar-refractivity contribution in [2.24, 2.45) is 11.8 Å². The van der Waals surface area contributed by atoms with Crippen LogP contribution in [0.2, 0.25) is 10.6 Å². The smallest absolute Gasteiger partial charge is 0.409 e. The molecule has 0 N–H and O–H groups in total. The highest BCUT2D eigenvalue weighted by Gasteiger charge is 2.33. The number of carbonyl (C=O) groups excluding carboxylic acids is 1. The Labute approximate surface area is 148 Å². The number of carbonyl (C=O) groups is 1. The Morgan fingerprint density at radius 1 is 0.957 bits per heavy atom. The number of hydrogen-bond donors (Lipinski definition) is 0. The first-order chi connectivity index (χ1) is 10.6. The van der Waals surface area contributed by atoms with Crippen molar-refractivity contribution in [3.63, 3.8) is 0 Å². The van der Waals surface area contributed by atoms with E-state index < -0.39 is 14.1 Å². The van der Waals surface area contributed by atoms with Gasteiger partial charge in [0.25, 0.3) is 0 Å². The van der Waals surface area contributed by atoms with E-state index in [2.05, 4.69) is 33.8 Å². The normalized spacial score (nSPS) is 13.4. The van der Waals surface area contributed by atoms with Crippen molar-refractivity contribution in [2.45, 2.75) is 89.9 Å². The summed E-state index contributed by atoms with van der Waals surface area (Å²) in [6.07, 6.45) is 3.98. The Bertz CT molecular complexity index is 346. The Balaban J connectivity index is 5.22. The predicted octanol–water partition coefficient (Wildman–Crippen LogP) is 5.53. The lowest BCUT2D eigenvalue weighted by Crippen LogP contribution is -2.46. The zero-order valence-electron chi connectivity index (χ0n) is 16.8. The number of rotatable bonds is 9. The Morgan fingerprint density at radius 2 is 1.39 bits per heavy atom. The number of nitrogens with zero attached hydrogens (tertiary/aromatic N) is 1. The van der Waals surface area contributed by atoms with E-state index in [4.69, 9.17) is 4.74 Å². The molecule has 3 nitrogen and oxygen atoms in total. The fraction of sp³-hybridized carbons (Fsp3) is 0.842. The molecule has 1 atom stereocenters. The third-order valence-electron chi connectivity index (χ3n) is 3.96. The molecule has 0 aromatic rings. The van der Waals surface area contributed by atoms with Gasteiger partial charge in [0.1, 0.15) is 0 Å². The fourth-order valence-corrected chi connectivity index (χ4v) is 7.25. The molecular formula is C19H38AlNO2. The van der Waals surface area contributed by atoms with Gasteiger partial charge in [-0.25, -0.2) is 4.79 Å². The van der Waals surface area contributed by atoms with Gasteiger partial charge >= 0.3 is 20.2 Å².